The lowest BCUT2D eigenvalue weighted by Crippen LogP contribution is -2.37. The van der Waals surface area contributed by atoms with Gasteiger partial charge < -0.3 is 15.6 Å². The molecule has 0 aliphatic carbocycles. The Balaban J connectivity index is 1.80. The van der Waals surface area contributed by atoms with Gasteiger partial charge in [0.25, 0.3) is 0 Å². The Bertz CT molecular complexity index is 353. The summed E-state index contributed by atoms with van der Waals surface area (Å²) >= 11 is 2.00. The van der Waals surface area contributed by atoms with Crippen molar-refractivity contribution < 1.29 is 9.84 Å². The number of phenols is 1. The fourth-order valence-corrected chi connectivity index (χ4v) is 3.19. The van der Waals surface area contributed by atoms with E-state index >= 15 is 0 Å². The van der Waals surface area contributed by atoms with Crippen LogP contribution in [0.3, 0.4) is 0 Å². The summed E-state index contributed by atoms with van der Waals surface area (Å²) in [5.41, 5.74) is 6.14. The molecule has 1 fully saturated rings. The molecule has 1 aromatic rings. The van der Waals surface area contributed by atoms with Crippen LogP contribution < -0.4 is 10.5 Å². The number of aromatic hydroxyl groups is 1. The van der Waals surface area contributed by atoms with Gasteiger partial charge >= 0.3 is 0 Å². The Morgan fingerprint density at radius 2 is 2.18 bits per heavy atom. The van der Waals surface area contributed by atoms with Crippen LogP contribution in [-0.2, 0) is 0 Å². The van der Waals surface area contributed by atoms with Crippen LogP contribution >= 0.6 is 11.8 Å². The topological polar surface area (TPSA) is 55.5 Å². The summed E-state index contributed by atoms with van der Waals surface area (Å²) < 4.78 is 5.61. The number of rotatable bonds is 4. The van der Waals surface area contributed by atoms with Crippen LogP contribution in [0.1, 0.15) is 12.8 Å². The third kappa shape index (κ3) is 3.82. The van der Waals surface area contributed by atoms with Crippen LogP contribution in [0.4, 0.5) is 0 Å². The molecule has 1 saturated heterocycles. The predicted octanol–water partition coefficient (Wildman–Crippen LogP) is 2.24. The first-order valence-electron chi connectivity index (χ1n) is 6.01. The molecule has 94 valence electrons. The highest BCUT2D eigenvalue weighted by molar-refractivity contribution is 7.99. The van der Waals surface area contributed by atoms with Crippen molar-refractivity contribution in [1.82, 2.24) is 0 Å². The molecule has 1 aliphatic rings. The van der Waals surface area contributed by atoms with Crippen LogP contribution in [0.25, 0.3) is 0 Å². The molecule has 17 heavy (non-hydrogen) atoms. The lowest BCUT2D eigenvalue weighted by molar-refractivity contribution is 0.238. The number of hydrogen-bond donors (Lipinski definition) is 2. The molecule has 0 amide bonds. The van der Waals surface area contributed by atoms with Crippen LogP contribution in [0.15, 0.2) is 24.3 Å². The zero-order chi connectivity index (χ0) is 12.1. The summed E-state index contributed by atoms with van der Waals surface area (Å²) in [5, 5.41) is 9.31. The molecule has 0 radical (unpaired) electrons. The van der Waals surface area contributed by atoms with Crippen molar-refractivity contribution in [2.45, 2.75) is 18.9 Å². The van der Waals surface area contributed by atoms with E-state index in [0.29, 0.717) is 18.3 Å². The van der Waals surface area contributed by atoms with Crippen molar-refractivity contribution in [1.29, 1.82) is 0 Å². The van der Waals surface area contributed by atoms with Gasteiger partial charge in [0.15, 0.2) is 0 Å². The average molecular weight is 253 g/mol. The quantitative estimate of drug-likeness (QED) is 0.864. The van der Waals surface area contributed by atoms with Gasteiger partial charge in [-0.3, -0.25) is 0 Å². The number of benzene rings is 1. The number of thioether (sulfide) groups is 1. The van der Waals surface area contributed by atoms with Crippen molar-refractivity contribution in [3.63, 3.8) is 0 Å². The molecule has 3 N–H and O–H groups in total. The molecule has 0 bridgehead atoms. The fourth-order valence-electron chi connectivity index (χ4n) is 2.05. The van der Waals surface area contributed by atoms with Crippen LogP contribution in [-0.4, -0.2) is 29.3 Å². The maximum Gasteiger partial charge on any atom is 0.123 e. The van der Waals surface area contributed by atoms with E-state index in [1.54, 1.807) is 18.2 Å². The van der Waals surface area contributed by atoms with Crippen LogP contribution in [0.2, 0.25) is 0 Å². The zero-order valence-corrected chi connectivity index (χ0v) is 10.7. The fraction of sp³-hybridized carbons (Fsp3) is 0.538. The highest BCUT2D eigenvalue weighted by Crippen LogP contribution is 2.25. The van der Waals surface area contributed by atoms with E-state index in [0.717, 1.165) is 0 Å². The van der Waals surface area contributed by atoms with Gasteiger partial charge in [-0.15, -0.1) is 0 Å². The molecule has 0 aromatic heterocycles. The molecule has 1 atom stereocenters. The summed E-state index contributed by atoms with van der Waals surface area (Å²) in [5.74, 6) is 3.92. The van der Waals surface area contributed by atoms with Crippen molar-refractivity contribution in [2.24, 2.45) is 11.7 Å². The van der Waals surface area contributed by atoms with Crippen LogP contribution in [0.5, 0.6) is 11.5 Å². The normalized spacial score (nSPS) is 18.9. The number of ether oxygens (including phenoxy) is 1. The number of hydrogen-bond acceptors (Lipinski definition) is 4. The first kappa shape index (κ1) is 12.6. The molecule has 0 saturated carbocycles. The van der Waals surface area contributed by atoms with Crippen molar-refractivity contribution in [2.75, 3.05) is 18.1 Å². The molecule has 2 rings (SSSR count). The van der Waals surface area contributed by atoms with Gasteiger partial charge in [-0.1, -0.05) is 6.07 Å². The summed E-state index contributed by atoms with van der Waals surface area (Å²) in [4.78, 5) is 0. The second-order valence-corrected chi connectivity index (χ2v) is 5.65. The Hall–Kier alpha value is -0.870. The van der Waals surface area contributed by atoms with Gasteiger partial charge in [0.05, 0.1) is 0 Å². The van der Waals surface area contributed by atoms with E-state index in [1.807, 2.05) is 17.8 Å². The van der Waals surface area contributed by atoms with E-state index in [1.165, 1.54) is 24.3 Å². The van der Waals surface area contributed by atoms with Gasteiger partial charge in [-0.05, 0) is 42.4 Å². The Morgan fingerprint density at radius 3 is 2.88 bits per heavy atom. The Labute approximate surface area is 106 Å². The van der Waals surface area contributed by atoms with E-state index in [9.17, 15) is 5.11 Å². The minimum atomic E-state index is 0.0956. The first-order chi connectivity index (χ1) is 8.25. The molecule has 4 heteroatoms. The van der Waals surface area contributed by atoms with Crippen molar-refractivity contribution in [3.05, 3.63) is 24.3 Å². The largest absolute Gasteiger partial charge is 0.508 e. The zero-order valence-electron chi connectivity index (χ0n) is 9.84. The molecular weight excluding hydrogens is 234 g/mol. The molecule has 1 aromatic carbocycles. The Morgan fingerprint density at radius 1 is 1.41 bits per heavy atom. The highest BCUT2D eigenvalue weighted by atomic mass is 32.2. The van der Waals surface area contributed by atoms with Gasteiger partial charge in [0, 0.05) is 12.1 Å². The molecule has 1 heterocycles. The number of phenolic OH excluding ortho intramolecular Hbond substituents is 1. The van der Waals surface area contributed by atoms with E-state index < -0.39 is 0 Å². The minimum absolute atomic E-state index is 0.0956. The maximum absolute atomic E-state index is 9.31. The SMILES string of the molecule is NC(COc1cccc(O)c1)C1CCSCC1. The summed E-state index contributed by atoms with van der Waals surface area (Å²) in [7, 11) is 0. The average Bonchev–Trinajstić information content (AvgIpc) is 2.37. The van der Waals surface area contributed by atoms with Gasteiger partial charge in [0.1, 0.15) is 18.1 Å². The van der Waals surface area contributed by atoms with Crippen molar-refractivity contribution >= 4 is 11.8 Å². The molecule has 1 unspecified atom stereocenters. The number of nitrogens with two attached hydrogens (primary N) is 1. The summed E-state index contributed by atoms with van der Waals surface area (Å²) in [6.07, 6.45) is 2.38. The summed E-state index contributed by atoms with van der Waals surface area (Å²) in [6, 6.07) is 6.95. The van der Waals surface area contributed by atoms with Gasteiger partial charge in [0.2, 0.25) is 0 Å². The molecule has 0 spiro atoms. The van der Waals surface area contributed by atoms with E-state index in [2.05, 4.69) is 0 Å². The third-order valence-corrected chi connectivity index (χ3v) is 4.18. The lowest BCUT2D eigenvalue weighted by Gasteiger charge is -2.27. The van der Waals surface area contributed by atoms with Gasteiger partial charge in [-0.2, -0.15) is 11.8 Å². The van der Waals surface area contributed by atoms with Crippen LogP contribution in [0, 0.1) is 5.92 Å². The van der Waals surface area contributed by atoms with E-state index in [4.69, 9.17) is 10.5 Å². The van der Waals surface area contributed by atoms with Gasteiger partial charge in [-0.25, -0.2) is 0 Å². The third-order valence-electron chi connectivity index (χ3n) is 3.13. The molecular formula is C13H19NO2S. The van der Waals surface area contributed by atoms with E-state index in [-0.39, 0.29) is 11.8 Å². The predicted molar refractivity (Wildman–Crippen MR) is 71.6 cm³/mol. The minimum Gasteiger partial charge on any atom is -0.508 e. The monoisotopic (exact) mass is 253 g/mol. The summed E-state index contributed by atoms with van der Waals surface area (Å²) in [6.45, 7) is 0.527. The second kappa shape index (κ2) is 6.17. The smallest absolute Gasteiger partial charge is 0.123 e. The molecule has 1 aliphatic heterocycles. The standard InChI is InChI=1S/C13H19NO2S/c14-13(10-4-6-17-7-5-10)9-16-12-3-1-2-11(15)8-12/h1-3,8,10,13,15H,4-7,9,14H2. The van der Waals surface area contributed by atoms with Crippen molar-refractivity contribution in [3.8, 4) is 11.5 Å². The maximum atomic E-state index is 9.31. The highest BCUT2D eigenvalue weighted by Gasteiger charge is 2.21. The first-order valence-corrected chi connectivity index (χ1v) is 7.16. The lowest BCUT2D eigenvalue weighted by atomic mass is 9.95. The Kier molecular flexibility index (Phi) is 4.57. The second-order valence-electron chi connectivity index (χ2n) is 4.42. The molecule has 3 nitrogen and oxygen atoms in total.